The summed E-state index contributed by atoms with van der Waals surface area (Å²) in [5.41, 5.74) is 2.43. The number of anilines is 1. The van der Waals surface area contributed by atoms with Crippen LogP contribution in [0.25, 0.3) is 16.8 Å². The van der Waals surface area contributed by atoms with Gasteiger partial charge in [0.15, 0.2) is 11.4 Å². The Hall–Kier alpha value is -3.40. The molecule has 0 unspecified atom stereocenters. The highest BCUT2D eigenvalue weighted by molar-refractivity contribution is 5.84. The van der Waals surface area contributed by atoms with Crippen LogP contribution < -0.4 is 14.8 Å². The summed E-state index contributed by atoms with van der Waals surface area (Å²) in [6, 6.07) is 4.51. The molecule has 0 aliphatic carbocycles. The molecule has 31 heavy (non-hydrogen) atoms. The molecule has 9 nitrogen and oxygen atoms in total. The van der Waals surface area contributed by atoms with E-state index in [1.165, 1.54) is 26.4 Å². The molecular weight excluding hydrogens is 405 g/mol. The van der Waals surface area contributed by atoms with Gasteiger partial charge in [-0.3, -0.25) is 4.79 Å². The fourth-order valence-electron chi connectivity index (χ4n) is 4.16. The van der Waals surface area contributed by atoms with Crippen LogP contribution in [0.4, 0.5) is 10.1 Å². The molecule has 10 heteroatoms. The molecule has 1 fully saturated rings. The molecule has 4 bridgehead atoms. The van der Waals surface area contributed by atoms with Crippen LogP contribution in [-0.4, -0.2) is 71.5 Å². The van der Waals surface area contributed by atoms with E-state index in [1.807, 2.05) is 6.07 Å². The number of benzene rings is 1. The van der Waals surface area contributed by atoms with Crippen molar-refractivity contribution in [2.45, 2.75) is 18.6 Å². The molecule has 0 saturated carbocycles. The van der Waals surface area contributed by atoms with Gasteiger partial charge >= 0.3 is 0 Å². The second-order valence-corrected chi connectivity index (χ2v) is 7.55. The summed E-state index contributed by atoms with van der Waals surface area (Å²) >= 11 is 0. The van der Waals surface area contributed by atoms with Crippen LogP contribution in [0.5, 0.6) is 11.6 Å². The van der Waals surface area contributed by atoms with E-state index in [-0.39, 0.29) is 30.3 Å². The fraction of sp³-hybridized carbons (Fsp3) is 0.381. The van der Waals surface area contributed by atoms with Gasteiger partial charge in [0.25, 0.3) is 11.8 Å². The summed E-state index contributed by atoms with van der Waals surface area (Å²) in [6.07, 6.45) is 3.31. The highest BCUT2D eigenvalue weighted by Gasteiger charge is 2.40. The summed E-state index contributed by atoms with van der Waals surface area (Å²) in [5, 5.41) is 7.54. The van der Waals surface area contributed by atoms with Gasteiger partial charge in [0.1, 0.15) is 18.5 Å². The first kappa shape index (κ1) is 19.6. The minimum atomic E-state index is -0.510. The molecule has 1 saturated heterocycles. The summed E-state index contributed by atoms with van der Waals surface area (Å²) in [6.45, 7) is 1.13. The van der Waals surface area contributed by atoms with E-state index in [0.29, 0.717) is 47.7 Å². The smallest absolute Gasteiger partial charge is 0.260 e. The zero-order valence-electron chi connectivity index (χ0n) is 17.2. The number of hydrogen-bond donors (Lipinski definition) is 1. The zero-order chi connectivity index (χ0) is 21.5. The SMILES string of the molecule is COc1cn2ncc3c2nc1OC[C@@H]1C[C@@H](OC)C(=O)N1CCNc1cc(F)cc-3c1. The van der Waals surface area contributed by atoms with Gasteiger partial charge < -0.3 is 24.4 Å². The van der Waals surface area contributed by atoms with Crippen molar-refractivity contribution >= 4 is 17.2 Å². The topological polar surface area (TPSA) is 90.2 Å². The maximum atomic E-state index is 14.4. The minimum absolute atomic E-state index is 0.0848. The molecule has 2 aromatic heterocycles. The van der Waals surface area contributed by atoms with E-state index in [2.05, 4.69) is 15.4 Å². The molecular formula is C21H22FN5O4. The second-order valence-electron chi connectivity index (χ2n) is 7.55. The molecule has 1 aromatic carbocycles. The minimum Gasteiger partial charge on any atom is -0.490 e. The highest BCUT2D eigenvalue weighted by Crippen LogP contribution is 2.32. The Kier molecular flexibility index (Phi) is 4.85. The summed E-state index contributed by atoms with van der Waals surface area (Å²) in [7, 11) is 3.05. The van der Waals surface area contributed by atoms with E-state index in [0.717, 1.165) is 0 Å². The van der Waals surface area contributed by atoms with Crippen LogP contribution in [0.15, 0.2) is 30.6 Å². The van der Waals surface area contributed by atoms with Gasteiger partial charge in [-0.2, -0.15) is 10.1 Å². The molecule has 5 rings (SSSR count). The number of methoxy groups -OCH3 is 2. The molecule has 2 atom stereocenters. The number of halogens is 1. The number of hydrogen-bond acceptors (Lipinski definition) is 7. The van der Waals surface area contributed by atoms with Crippen molar-refractivity contribution in [3.8, 4) is 22.8 Å². The first-order chi connectivity index (χ1) is 15.1. The second kappa shape index (κ2) is 7.69. The Bertz CT molecular complexity index is 1150. The Morgan fingerprint density at radius 1 is 1.29 bits per heavy atom. The number of carbonyl (C=O) groups excluding carboxylic acids is 1. The monoisotopic (exact) mass is 427 g/mol. The Morgan fingerprint density at radius 3 is 2.97 bits per heavy atom. The molecule has 0 radical (unpaired) electrons. The molecule has 1 amide bonds. The first-order valence-electron chi connectivity index (χ1n) is 10.0. The molecule has 0 spiro atoms. The number of nitrogens with one attached hydrogen (secondary N) is 1. The lowest BCUT2D eigenvalue weighted by Crippen LogP contribution is -2.41. The van der Waals surface area contributed by atoms with Crippen LogP contribution in [0.3, 0.4) is 0 Å². The highest BCUT2D eigenvalue weighted by atomic mass is 19.1. The fourth-order valence-corrected chi connectivity index (χ4v) is 4.16. The Labute approximate surface area is 177 Å². The van der Waals surface area contributed by atoms with Gasteiger partial charge in [-0.15, -0.1) is 0 Å². The van der Waals surface area contributed by atoms with Crippen LogP contribution >= 0.6 is 0 Å². The molecule has 4 heterocycles. The van der Waals surface area contributed by atoms with Crippen molar-refractivity contribution in [1.82, 2.24) is 19.5 Å². The Morgan fingerprint density at radius 2 is 2.16 bits per heavy atom. The van der Waals surface area contributed by atoms with Gasteiger partial charge in [0, 0.05) is 37.9 Å². The average molecular weight is 427 g/mol. The lowest BCUT2D eigenvalue weighted by molar-refractivity contribution is -0.136. The quantitative estimate of drug-likeness (QED) is 0.669. The third-order valence-electron chi connectivity index (χ3n) is 5.72. The van der Waals surface area contributed by atoms with Crippen molar-refractivity contribution < 1.29 is 23.4 Å². The van der Waals surface area contributed by atoms with Crippen molar-refractivity contribution in [1.29, 1.82) is 0 Å². The number of amides is 1. The summed E-state index contributed by atoms with van der Waals surface area (Å²) in [4.78, 5) is 19.1. The van der Waals surface area contributed by atoms with Crippen molar-refractivity contribution in [3.63, 3.8) is 0 Å². The first-order valence-corrected chi connectivity index (χ1v) is 10.0. The third kappa shape index (κ3) is 3.42. The average Bonchev–Trinajstić information content (AvgIpc) is 3.31. The molecule has 162 valence electrons. The lowest BCUT2D eigenvalue weighted by atomic mass is 10.1. The number of rotatable bonds is 2. The van der Waals surface area contributed by atoms with Crippen LogP contribution in [-0.2, 0) is 9.53 Å². The van der Waals surface area contributed by atoms with Crippen LogP contribution in [0.1, 0.15) is 6.42 Å². The van der Waals surface area contributed by atoms with Crippen molar-refractivity contribution in [3.05, 3.63) is 36.4 Å². The molecule has 2 aliphatic heterocycles. The molecule has 2 aliphatic rings. The van der Waals surface area contributed by atoms with Crippen LogP contribution in [0, 0.1) is 5.82 Å². The van der Waals surface area contributed by atoms with Gasteiger partial charge in [-0.25, -0.2) is 8.91 Å². The van der Waals surface area contributed by atoms with Gasteiger partial charge in [0.05, 0.1) is 25.5 Å². The summed E-state index contributed by atoms with van der Waals surface area (Å²) in [5.74, 6) is 0.233. The number of fused-ring (bicyclic) bond motifs is 5. The molecule has 3 aromatic rings. The van der Waals surface area contributed by atoms with E-state index in [1.54, 1.807) is 21.8 Å². The number of nitrogens with zero attached hydrogens (tertiary/aromatic N) is 4. The predicted octanol–water partition coefficient (Wildman–Crippen LogP) is 1.96. The van der Waals surface area contributed by atoms with Gasteiger partial charge in [-0.1, -0.05) is 0 Å². The summed E-state index contributed by atoms with van der Waals surface area (Å²) < 4.78 is 32.7. The van der Waals surface area contributed by atoms with E-state index in [4.69, 9.17) is 14.2 Å². The maximum absolute atomic E-state index is 14.4. The van der Waals surface area contributed by atoms with E-state index < -0.39 is 6.10 Å². The number of aromatic nitrogens is 3. The zero-order valence-corrected chi connectivity index (χ0v) is 17.2. The molecule has 1 N–H and O–H groups in total. The van der Waals surface area contributed by atoms with Crippen molar-refractivity contribution in [2.24, 2.45) is 0 Å². The number of carbonyl (C=O) groups is 1. The number of ether oxygens (including phenoxy) is 3. The van der Waals surface area contributed by atoms with E-state index in [9.17, 15) is 9.18 Å². The normalized spacial score (nSPS) is 20.9. The predicted molar refractivity (Wildman–Crippen MR) is 110 cm³/mol. The standard InChI is InChI=1S/C21H22FN5O4/c1-29-17-8-15-11-31-20-18(30-2)10-27-19(25-20)16(9-24-27)12-5-13(22)7-14(6-12)23-3-4-26(15)21(17)28/h5-7,9-10,15,17,23H,3-4,8,11H2,1-2H3/t15-,17+/m0/s1. The largest absolute Gasteiger partial charge is 0.490 e. The Balaban J connectivity index is 1.62. The lowest BCUT2D eigenvalue weighted by Gasteiger charge is -2.25. The maximum Gasteiger partial charge on any atom is 0.260 e. The van der Waals surface area contributed by atoms with Crippen molar-refractivity contribution in [2.75, 3.05) is 39.2 Å². The third-order valence-corrected chi connectivity index (χ3v) is 5.72. The van der Waals surface area contributed by atoms with Gasteiger partial charge in [0.2, 0.25) is 0 Å². The van der Waals surface area contributed by atoms with E-state index >= 15 is 0 Å². The van der Waals surface area contributed by atoms with Gasteiger partial charge in [-0.05, 0) is 23.8 Å². The van der Waals surface area contributed by atoms with Crippen LogP contribution in [0.2, 0.25) is 0 Å².